The Bertz CT molecular complexity index is 2370. The van der Waals surface area contributed by atoms with E-state index in [-0.39, 0.29) is 16.8 Å². The maximum Gasteiger partial charge on any atom is 0.299 e. The van der Waals surface area contributed by atoms with E-state index in [0.29, 0.717) is 28.2 Å². The van der Waals surface area contributed by atoms with Gasteiger partial charge in [0, 0.05) is 44.4 Å². The van der Waals surface area contributed by atoms with Crippen LogP contribution in [0, 0.1) is 6.92 Å². The Balaban J connectivity index is 1.79. The molecular formula is C36H34N3O+. The summed E-state index contributed by atoms with van der Waals surface area (Å²) >= 11 is 0. The lowest BCUT2D eigenvalue weighted by Gasteiger charge is -2.19. The first-order chi connectivity index (χ1) is 22.5. The normalized spacial score (nSPS) is 18.7. The molecule has 3 aromatic heterocycles. The maximum atomic E-state index is 9.35. The van der Waals surface area contributed by atoms with Gasteiger partial charge in [-0.15, -0.1) is 0 Å². The van der Waals surface area contributed by atoms with Crippen molar-refractivity contribution in [1.82, 2.24) is 9.55 Å². The van der Waals surface area contributed by atoms with Crippen LogP contribution in [0.3, 0.4) is 0 Å². The molecule has 7 aromatic rings. The number of hydrogen-bond acceptors (Lipinski definition) is 2. The minimum Gasteiger partial charge on any atom is -0.437 e. The van der Waals surface area contributed by atoms with Gasteiger partial charge in [0.25, 0.3) is 5.82 Å². The van der Waals surface area contributed by atoms with E-state index in [1.54, 1.807) is 24.4 Å². The van der Waals surface area contributed by atoms with Crippen LogP contribution in [0.4, 0.5) is 0 Å². The predicted molar refractivity (Wildman–Crippen MR) is 165 cm³/mol. The maximum absolute atomic E-state index is 9.35. The molecule has 0 aliphatic heterocycles. The van der Waals surface area contributed by atoms with Crippen molar-refractivity contribution in [1.29, 1.82) is 0 Å². The lowest BCUT2D eigenvalue weighted by atomic mass is 9.92. The lowest BCUT2D eigenvalue weighted by Crippen LogP contribution is -2.36. The predicted octanol–water partition coefficient (Wildman–Crippen LogP) is 9.12. The third-order valence-corrected chi connectivity index (χ3v) is 7.91. The van der Waals surface area contributed by atoms with Crippen LogP contribution in [-0.2, 0) is 7.05 Å². The molecule has 0 radical (unpaired) electrons. The highest BCUT2D eigenvalue weighted by atomic mass is 16.3. The fraction of sp³-hybridized carbons (Fsp3) is 0.222. The second-order valence-corrected chi connectivity index (χ2v) is 10.4. The first-order valence-electron chi connectivity index (χ1n) is 17.3. The van der Waals surface area contributed by atoms with Crippen LogP contribution in [0.2, 0.25) is 0 Å². The van der Waals surface area contributed by atoms with Gasteiger partial charge in [-0.2, -0.15) is 4.57 Å². The lowest BCUT2D eigenvalue weighted by molar-refractivity contribution is -0.556. The molecule has 0 aliphatic rings. The summed E-state index contributed by atoms with van der Waals surface area (Å²) in [5, 5.41) is 3.39. The van der Waals surface area contributed by atoms with E-state index < -0.39 is 25.5 Å². The van der Waals surface area contributed by atoms with Crippen LogP contribution in [0.25, 0.3) is 61.0 Å². The molecule has 2 unspecified atom stereocenters. The fourth-order valence-electron chi connectivity index (χ4n) is 6.06. The summed E-state index contributed by atoms with van der Waals surface area (Å²) in [7, 11) is 1.90. The molecule has 0 saturated heterocycles. The molecule has 0 spiro atoms. The zero-order chi connectivity index (χ0) is 34.6. The van der Waals surface area contributed by atoms with Crippen molar-refractivity contribution in [3.05, 3.63) is 102 Å². The van der Waals surface area contributed by atoms with Crippen molar-refractivity contribution < 1.29 is 20.0 Å². The molecule has 7 rings (SSSR count). The highest BCUT2D eigenvalue weighted by Gasteiger charge is 2.34. The zero-order valence-electron chi connectivity index (χ0n) is 30.8. The number of benzene rings is 4. The van der Waals surface area contributed by atoms with Crippen LogP contribution >= 0.6 is 0 Å². The van der Waals surface area contributed by atoms with Gasteiger partial charge in [0.1, 0.15) is 11.3 Å². The third kappa shape index (κ3) is 3.45. The van der Waals surface area contributed by atoms with Gasteiger partial charge in [-0.25, -0.2) is 9.55 Å². The highest BCUT2D eigenvalue weighted by molar-refractivity contribution is 6.09. The quantitative estimate of drug-likeness (QED) is 0.212. The van der Waals surface area contributed by atoms with E-state index in [1.807, 2.05) is 83.8 Å². The molecule has 0 N–H and O–H groups in total. The van der Waals surface area contributed by atoms with Crippen LogP contribution in [-0.4, -0.2) is 9.55 Å². The molecule has 0 amide bonds. The summed E-state index contributed by atoms with van der Waals surface area (Å²) in [5.41, 5.74) is 4.31. The Morgan fingerprint density at radius 3 is 2.38 bits per heavy atom. The van der Waals surface area contributed by atoms with Crippen molar-refractivity contribution in [2.45, 2.75) is 46.3 Å². The van der Waals surface area contributed by atoms with Crippen molar-refractivity contribution in [3.8, 4) is 17.1 Å². The summed E-state index contributed by atoms with van der Waals surface area (Å²) < 4.78 is 79.7. The number of fused-ring (bicyclic) bond motifs is 6. The Morgan fingerprint density at radius 2 is 1.60 bits per heavy atom. The average Bonchev–Trinajstić information content (AvgIpc) is 3.54. The Morgan fingerprint density at radius 1 is 0.850 bits per heavy atom. The molecule has 0 saturated carbocycles. The van der Waals surface area contributed by atoms with E-state index in [4.69, 9.17) is 12.6 Å². The Labute approximate surface area is 245 Å². The molecule has 0 fully saturated rings. The summed E-state index contributed by atoms with van der Waals surface area (Å²) in [6, 6.07) is 24.2. The van der Waals surface area contributed by atoms with Gasteiger partial charge in [0.15, 0.2) is 16.6 Å². The second kappa shape index (κ2) is 9.06. The van der Waals surface area contributed by atoms with Crippen LogP contribution in [0.5, 0.6) is 0 Å². The number of aromatic nitrogens is 3. The number of rotatable bonds is 4. The zero-order valence-corrected chi connectivity index (χ0v) is 22.8. The number of hydrogen-bond donors (Lipinski definition) is 0. The minimum absolute atomic E-state index is 0.0745. The van der Waals surface area contributed by atoms with Gasteiger partial charge in [-0.1, -0.05) is 76.1 Å². The molecule has 4 nitrogen and oxygen atoms in total. The number of furan rings is 1. The molecule has 4 heteroatoms. The fourth-order valence-corrected chi connectivity index (χ4v) is 6.06. The van der Waals surface area contributed by atoms with E-state index in [9.17, 15) is 2.74 Å². The Kier molecular flexibility index (Phi) is 3.91. The molecule has 4 aromatic carbocycles. The monoisotopic (exact) mass is 532 g/mol. The largest absolute Gasteiger partial charge is 0.437 e. The number of imidazole rings is 1. The first-order valence-corrected chi connectivity index (χ1v) is 13.3. The van der Waals surface area contributed by atoms with Crippen molar-refractivity contribution in [2.75, 3.05) is 0 Å². The molecule has 2 atom stereocenters. The topological polar surface area (TPSA) is 34.8 Å². The van der Waals surface area contributed by atoms with Gasteiger partial charge in [-0.3, -0.25) is 0 Å². The van der Waals surface area contributed by atoms with E-state index in [2.05, 4.69) is 4.98 Å². The third-order valence-electron chi connectivity index (χ3n) is 7.91. The second-order valence-electron chi connectivity index (χ2n) is 10.4. The molecular weight excluding hydrogens is 490 g/mol. The van der Waals surface area contributed by atoms with Gasteiger partial charge < -0.3 is 4.42 Å². The smallest absolute Gasteiger partial charge is 0.299 e. The van der Waals surface area contributed by atoms with Crippen molar-refractivity contribution in [2.24, 2.45) is 7.05 Å². The SMILES string of the molecule is [2H]C([2H])([2H])C([2H])(C)c1cccc(C([2H])(C)C([2H])([2H])[2H])c1-[n+]1c(-c2c(C)ccc3c2oc2ncccc23)n(C)c2ccc3ccccc3c21. The molecule has 198 valence electrons. The minimum atomic E-state index is -2.80. The Hall–Kier alpha value is -4.44. The summed E-state index contributed by atoms with van der Waals surface area (Å²) in [6.45, 7) is -1.01. The standard InChI is InChI=1S/C36H34N3O/c1-21(2)25-13-9-14-26(22(3)4)32(25)39-33-27-12-8-7-11-24(27)17-19-30(33)38(6)36(39)31-23(5)16-18-28-29-15-10-20-37-35(29)40-34(28)31/h7-22H,1-6H3/q+1/i1D3,3D3,21D,22D. The number of para-hydroxylation sites is 1. The van der Waals surface area contributed by atoms with Crippen molar-refractivity contribution >= 4 is 43.9 Å². The number of nitrogens with zero attached hydrogens (tertiary/aromatic N) is 3. The van der Waals surface area contributed by atoms with Crippen LogP contribution < -0.4 is 4.57 Å². The first kappa shape index (κ1) is 17.3. The number of aryl methyl sites for hydroxylation is 2. The highest BCUT2D eigenvalue weighted by Crippen LogP contribution is 2.40. The van der Waals surface area contributed by atoms with Crippen LogP contribution in [0.15, 0.2) is 89.5 Å². The molecule has 40 heavy (non-hydrogen) atoms. The van der Waals surface area contributed by atoms with Crippen LogP contribution in [0.1, 0.15) is 67.0 Å². The van der Waals surface area contributed by atoms with Gasteiger partial charge >= 0.3 is 0 Å². The van der Waals surface area contributed by atoms with Gasteiger partial charge in [0.2, 0.25) is 5.71 Å². The summed E-state index contributed by atoms with van der Waals surface area (Å²) in [4.78, 5) is 4.46. The summed E-state index contributed by atoms with van der Waals surface area (Å²) in [6.07, 6.45) is 1.66. The van der Waals surface area contributed by atoms with E-state index in [0.717, 1.165) is 32.6 Å². The average molecular weight is 533 g/mol. The summed E-state index contributed by atoms with van der Waals surface area (Å²) in [5.74, 6) is -3.81. The number of pyridine rings is 1. The van der Waals surface area contributed by atoms with Crippen molar-refractivity contribution in [3.63, 3.8) is 0 Å². The van der Waals surface area contributed by atoms with E-state index in [1.165, 1.54) is 13.8 Å². The van der Waals surface area contributed by atoms with Gasteiger partial charge in [-0.05, 0) is 60.0 Å². The molecule has 0 bridgehead atoms. The molecule has 0 aliphatic carbocycles. The van der Waals surface area contributed by atoms with E-state index >= 15 is 0 Å². The molecule has 3 heterocycles. The van der Waals surface area contributed by atoms with Gasteiger partial charge in [0.05, 0.1) is 7.05 Å².